The molecule has 0 aromatic carbocycles. The van der Waals surface area contributed by atoms with E-state index in [4.69, 9.17) is 0 Å². The molecule has 0 unspecified atom stereocenters. The molecule has 14 rings (SSSR count). The summed E-state index contributed by atoms with van der Waals surface area (Å²) in [6, 6.07) is 0. The van der Waals surface area contributed by atoms with Crippen molar-refractivity contribution in [3.8, 4) is 0 Å². The highest BCUT2D eigenvalue weighted by atomic mass is 33.1. The fraction of sp³-hybridized carbons (Fsp3) is 1.00. The number of hydrogen-bond acceptors (Lipinski definition) is 8. The van der Waals surface area contributed by atoms with E-state index in [0.29, 0.717) is 0 Å². The SMILES string of the molecule is C1CCC2(C1)CCCC2.C1CCC2(C1)CCCC2.C1CCC2(C1)CCCC2.C1CCC2(C1)CSSC2.C1CCC2(C1)CSSC2.C1CCC2(C1)CSSC2.C1CCC2(C1)CSSC2. The molecule has 4 aliphatic heterocycles. The van der Waals surface area contributed by atoms with Crippen LogP contribution in [-0.2, 0) is 0 Å². The van der Waals surface area contributed by atoms with Gasteiger partial charge in [0.1, 0.15) is 0 Å². The molecule has 10 aliphatic carbocycles. The zero-order valence-electron chi connectivity index (χ0n) is 40.7. The van der Waals surface area contributed by atoms with E-state index in [9.17, 15) is 0 Å². The summed E-state index contributed by atoms with van der Waals surface area (Å²) in [5.74, 6) is 11.5. The molecular formula is C55H96S8. The van der Waals surface area contributed by atoms with Crippen molar-refractivity contribution in [3.05, 3.63) is 0 Å². The Balaban J connectivity index is 0.000000101. The molecule has 4 saturated heterocycles. The van der Waals surface area contributed by atoms with Crippen LogP contribution in [0.15, 0.2) is 0 Å². The third-order valence-corrected chi connectivity index (χ3v) is 31.2. The molecule has 0 aromatic rings. The van der Waals surface area contributed by atoms with Crippen LogP contribution in [0.25, 0.3) is 0 Å². The second kappa shape index (κ2) is 26.0. The average molecular weight is 1010 g/mol. The van der Waals surface area contributed by atoms with Crippen molar-refractivity contribution < 1.29 is 0 Å². The van der Waals surface area contributed by atoms with Gasteiger partial charge in [0.25, 0.3) is 0 Å². The van der Waals surface area contributed by atoms with Crippen LogP contribution in [0.1, 0.15) is 257 Å². The summed E-state index contributed by atoms with van der Waals surface area (Å²) in [7, 11) is 16.7. The quantitative estimate of drug-likeness (QED) is 0.217. The Bertz CT molecular complexity index is 835. The van der Waals surface area contributed by atoms with E-state index < -0.39 is 0 Å². The fourth-order valence-corrected chi connectivity index (χ4v) is 29.7. The highest BCUT2D eigenvalue weighted by Crippen LogP contribution is 2.56. The highest BCUT2D eigenvalue weighted by Gasteiger charge is 2.41. The van der Waals surface area contributed by atoms with E-state index in [1.807, 2.05) is 0 Å². The van der Waals surface area contributed by atoms with Crippen molar-refractivity contribution in [2.45, 2.75) is 257 Å². The topological polar surface area (TPSA) is 0 Å². The van der Waals surface area contributed by atoms with E-state index in [2.05, 4.69) is 86.4 Å². The summed E-state index contributed by atoms with van der Waals surface area (Å²) in [5, 5.41) is 0. The Morgan fingerprint density at radius 3 is 0.333 bits per heavy atom. The summed E-state index contributed by atoms with van der Waals surface area (Å²) in [4.78, 5) is 0. The van der Waals surface area contributed by atoms with Crippen molar-refractivity contribution in [3.63, 3.8) is 0 Å². The summed E-state index contributed by atoms with van der Waals surface area (Å²) >= 11 is 0. The first-order valence-electron chi connectivity index (χ1n) is 27.9. The molecule has 0 atom stereocenters. The zero-order valence-corrected chi connectivity index (χ0v) is 47.2. The number of rotatable bonds is 0. The molecule has 0 bridgehead atoms. The van der Waals surface area contributed by atoms with Crippen LogP contribution in [-0.4, -0.2) is 46.0 Å². The van der Waals surface area contributed by atoms with Gasteiger partial charge in [0.15, 0.2) is 0 Å². The molecule has 14 aliphatic rings. The largest absolute Gasteiger partial charge is 0.0935 e. The van der Waals surface area contributed by atoms with Gasteiger partial charge >= 0.3 is 0 Å². The third-order valence-electron chi connectivity index (χ3n) is 19.9. The van der Waals surface area contributed by atoms with E-state index in [1.165, 1.54) is 226 Å². The van der Waals surface area contributed by atoms with Gasteiger partial charge in [-0.2, -0.15) is 0 Å². The first-order chi connectivity index (χ1) is 30.9. The van der Waals surface area contributed by atoms with Gasteiger partial charge < -0.3 is 0 Å². The molecule has 0 amide bonds. The minimum atomic E-state index is 0.815. The minimum absolute atomic E-state index is 0.815. The predicted molar refractivity (Wildman–Crippen MR) is 301 cm³/mol. The minimum Gasteiger partial charge on any atom is -0.0935 e. The first kappa shape index (κ1) is 52.1. The van der Waals surface area contributed by atoms with Gasteiger partial charge in [-0.15, -0.1) is 0 Å². The van der Waals surface area contributed by atoms with E-state index in [1.54, 1.807) is 77.0 Å². The maximum atomic E-state index is 2.09. The van der Waals surface area contributed by atoms with Crippen molar-refractivity contribution >= 4 is 86.4 Å². The van der Waals surface area contributed by atoms with Crippen LogP contribution < -0.4 is 0 Å². The lowest BCUT2D eigenvalue weighted by atomic mass is 9.85. The standard InChI is InChI=1S/3C9H16.4C7H12S2/c3*1-2-6-9(5-1)7-3-4-8-9;4*1-2-4-7(3-1)5-8-9-6-7/h3*1-8H2;4*1-6H2. The monoisotopic (exact) mass is 1010 g/mol. The molecule has 0 aromatic heterocycles. The van der Waals surface area contributed by atoms with Gasteiger partial charge in [-0.05, 0) is 166 Å². The summed E-state index contributed by atoms with van der Waals surface area (Å²) in [6.07, 6.45) is 61.3. The van der Waals surface area contributed by atoms with Crippen molar-refractivity contribution in [2.75, 3.05) is 46.0 Å². The molecule has 63 heavy (non-hydrogen) atoms. The first-order valence-corrected chi connectivity index (χ1v) is 37.8. The molecule has 0 N–H and O–H groups in total. The second-order valence-corrected chi connectivity index (χ2v) is 34.5. The molecule has 7 spiro atoms. The Morgan fingerprint density at radius 2 is 0.222 bits per heavy atom. The van der Waals surface area contributed by atoms with Crippen molar-refractivity contribution in [1.82, 2.24) is 0 Å². The van der Waals surface area contributed by atoms with Crippen LogP contribution >= 0.6 is 86.4 Å². The average Bonchev–Trinajstić information content (AvgIpc) is 4.14. The second-order valence-electron chi connectivity index (χ2n) is 24.7. The zero-order chi connectivity index (χ0) is 43.1. The smallest absolute Gasteiger partial charge is 0.0102 e. The fourth-order valence-electron chi connectivity index (χ4n) is 15.4. The molecular weight excluding hydrogens is 917 g/mol. The van der Waals surface area contributed by atoms with E-state index in [-0.39, 0.29) is 0 Å². The van der Waals surface area contributed by atoms with Crippen molar-refractivity contribution in [1.29, 1.82) is 0 Å². The van der Waals surface area contributed by atoms with Gasteiger partial charge in [0.2, 0.25) is 0 Å². The lowest BCUT2D eigenvalue weighted by Gasteiger charge is -2.20. The van der Waals surface area contributed by atoms with Crippen LogP contribution in [0.4, 0.5) is 0 Å². The maximum Gasteiger partial charge on any atom is 0.0102 e. The third kappa shape index (κ3) is 15.4. The summed E-state index contributed by atoms with van der Waals surface area (Å²) in [5.41, 5.74) is 5.93. The Kier molecular flexibility index (Phi) is 21.5. The van der Waals surface area contributed by atoms with Crippen molar-refractivity contribution in [2.24, 2.45) is 37.9 Å². The molecule has 364 valence electrons. The lowest BCUT2D eigenvalue weighted by molar-refractivity contribution is 0.309. The Morgan fingerprint density at radius 1 is 0.127 bits per heavy atom. The lowest BCUT2D eigenvalue weighted by Crippen LogP contribution is -2.17. The summed E-state index contributed by atoms with van der Waals surface area (Å²) < 4.78 is 0. The maximum absolute atomic E-state index is 2.09. The molecule has 8 heteroatoms. The van der Waals surface area contributed by atoms with Gasteiger partial charge in [-0.1, -0.05) is 215 Å². The Labute approximate surface area is 423 Å². The highest BCUT2D eigenvalue weighted by molar-refractivity contribution is 8.78. The molecule has 4 heterocycles. The van der Waals surface area contributed by atoms with Crippen LogP contribution in [0.2, 0.25) is 0 Å². The van der Waals surface area contributed by atoms with Gasteiger partial charge in [-0.25, -0.2) is 0 Å². The normalized spacial score (nSPS) is 32.0. The van der Waals surface area contributed by atoms with Gasteiger partial charge in [-0.3, -0.25) is 0 Å². The van der Waals surface area contributed by atoms with E-state index in [0.717, 1.165) is 37.9 Å². The van der Waals surface area contributed by atoms with Crippen LogP contribution in [0.5, 0.6) is 0 Å². The molecule has 10 saturated carbocycles. The summed E-state index contributed by atoms with van der Waals surface area (Å²) in [6.45, 7) is 0. The molecule has 0 nitrogen and oxygen atoms in total. The Hall–Kier alpha value is 2.80. The molecule has 14 fully saturated rings. The van der Waals surface area contributed by atoms with E-state index >= 15 is 0 Å². The van der Waals surface area contributed by atoms with Gasteiger partial charge in [0.05, 0.1) is 0 Å². The van der Waals surface area contributed by atoms with Crippen LogP contribution in [0.3, 0.4) is 0 Å². The predicted octanol–water partition coefficient (Wildman–Crippen LogP) is 21.1. The number of hydrogen-bond donors (Lipinski definition) is 0. The van der Waals surface area contributed by atoms with Gasteiger partial charge in [0, 0.05) is 46.0 Å². The van der Waals surface area contributed by atoms with Crippen LogP contribution in [0, 0.1) is 37.9 Å². The molecule has 0 radical (unpaired) electrons.